The van der Waals surface area contributed by atoms with Crippen molar-refractivity contribution < 1.29 is 9.18 Å². The summed E-state index contributed by atoms with van der Waals surface area (Å²) < 4.78 is 13.9. The Balaban J connectivity index is 2.03. The number of hydrogen-bond acceptors (Lipinski definition) is 3. The third kappa shape index (κ3) is 2.42. The van der Waals surface area contributed by atoms with Crippen LogP contribution in [0.1, 0.15) is 12.0 Å². The van der Waals surface area contributed by atoms with Crippen LogP contribution >= 0.6 is 0 Å². The molecule has 0 radical (unpaired) electrons. The average Bonchev–Trinajstić information content (AvgIpc) is 2.46. The van der Waals surface area contributed by atoms with E-state index in [1.807, 2.05) is 6.07 Å². The summed E-state index contributed by atoms with van der Waals surface area (Å²) >= 11 is 0. The molecule has 1 amide bonds. The lowest BCUT2D eigenvalue weighted by Crippen LogP contribution is -2.20. The van der Waals surface area contributed by atoms with Gasteiger partial charge in [-0.1, -0.05) is 12.1 Å². The molecule has 21 heavy (non-hydrogen) atoms. The zero-order chi connectivity index (χ0) is 15.0. The number of fused-ring (bicyclic) bond motifs is 1. The topological polar surface area (TPSA) is 58.4 Å². The summed E-state index contributed by atoms with van der Waals surface area (Å²) in [5.41, 5.74) is 9.52. The Morgan fingerprint density at radius 1 is 1.19 bits per heavy atom. The van der Waals surface area contributed by atoms with E-state index in [0.717, 1.165) is 16.9 Å². The monoisotopic (exact) mass is 285 g/mol. The quantitative estimate of drug-likeness (QED) is 0.834. The second kappa shape index (κ2) is 5.09. The number of hydrogen-bond donors (Lipinski definition) is 2. The minimum absolute atomic E-state index is 0.00268. The van der Waals surface area contributed by atoms with Crippen LogP contribution in [-0.2, 0) is 11.2 Å². The molecule has 1 aliphatic heterocycles. The normalized spacial score (nSPS) is 13.5. The highest BCUT2D eigenvalue weighted by Gasteiger charge is 2.19. The fourth-order valence-electron chi connectivity index (χ4n) is 2.58. The molecule has 2 aromatic rings. The second-order valence-corrected chi connectivity index (χ2v) is 5.13. The van der Waals surface area contributed by atoms with Crippen LogP contribution in [-0.4, -0.2) is 13.0 Å². The van der Waals surface area contributed by atoms with E-state index in [9.17, 15) is 9.18 Å². The fraction of sp³-hybridized carbons (Fsp3) is 0.188. The Morgan fingerprint density at radius 2 is 1.95 bits per heavy atom. The fourth-order valence-corrected chi connectivity index (χ4v) is 2.58. The Labute approximate surface area is 122 Å². The van der Waals surface area contributed by atoms with E-state index in [2.05, 4.69) is 5.32 Å². The highest BCUT2D eigenvalue weighted by molar-refractivity contribution is 5.96. The lowest BCUT2D eigenvalue weighted by molar-refractivity contribution is -0.116. The number of para-hydroxylation sites is 1. The Morgan fingerprint density at radius 3 is 2.71 bits per heavy atom. The third-order valence-corrected chi connectivity index (χ3v) is 3.72. The van der Waals surface area contributed by atoms with Crippen LogP contribution in [0.5, 0.6) is 0 Å². The molecule has 0 saturated carbocycles. The smallest absolute Gasteiger partial charge is 0.224 e. The maximum absolute atomic E-state index is 13.9. The molecule has 3 N–H and O–H groups in total. The van der Waals surface area contributed by atoms with Crippen molar-refractivity contribution in [1.29, 1.82) is 0 Å². The van der Waals surface area contributed by atoms with Crippen molar-refractivity contribution >= 4 is 28.7 Å². The Kier molecular flexibility index (Phi) is 3.25. The number of nitrogens with one attached hydrogen (secondary N) is 1. The standard InChI is InChI=1S/C16H16FN3O/c1-20(14-5-3-2-4-11(14)17)15-8-10-6-7-16(21)19-13(10)9-12(15)18/h2-5,8-9H,6-7,18H2,1H3,(H,19,21). The van der Waals surface area contributed by atoms with Crippen molar-refractivity contribution in [2.24, 2.45) is 0 Å². The SMILES string of the molecule is CN(c1cc2c(cc1N)NC(=O)CC2)c1ccccc1F. The molecular formula is C16H16FN3O. The number of rotatable bonds is 2. The van der Waals surface area contributed by atoms with Gasteiger partial charge in [0, 0.05) is 19.2 Å². The molecule has 108 valence electrons. The van der Waals surface area contributed by atoms with Crippen LogP contribution < -0.4 is 16.0 Å². The summed E-state index contributed by atoms with van der Waals surface area (Å²) in [5, 5.41) is 2.81. The van der Waals surface area contributed by atoms with Crippen molar-refractivity contribution in [3.8, 4) is 0 Å². The first-order valence-corrected chi connectivity index (χ1v) is 6.77. The van der Waals surface area contributed by atoms with Crippen molar-refractivity contribution in [2.45, 2.75) is 12.8 Å². The minimum Gasteiger partial charge on any atom is -0.397 e. The first-order valence-electron chi connectivity index (χ1n) is 6.77. The summed E-state index contributed by atoms with van der Waals surface area (Å²) in [6.07, 6.45) is 1.12. The van der Waals surface area contributed by atoms with Gasteiger partial charge in [0.25, 0.3) is 0 Å². The molecule has 0 saturated heterocycles. The zero-order valence-corrected chi connectivity index (χ0v) is 11.7. The summed E-state index contributed by atoms with van der Waals surface area (Å²) in [4.78, 5) is 13.1. The number of carbonyl (C=O) groups excluding carboxylic acids is 1. The zero-order valence-electron chi connectivity index (χ0n) is 11.7. The van der Waals surface area contributed by atoms with E-state index < -0.39 is 0 Å². The number of carbonyl (C=O) groups is 1. The highest BCUT2D eigenvalue weighted by atomic mass is 19.1. The lowest BCUT2D eigenvalue weighted by atomic mass is 10.0. The number of benzene rings is 2. The van der Waals surface area contributed by atoms with Crippen LogP contribution in [0.2, 0.25) is 0 Å². The van der Waals surface area contributed by atoms with Gasteiger partial charge in [-0.25, -0.2) is 4.39 Å². The summed E-state index contributed by atoms with van der Waals surface area (Å²) in [5.74, 6) is -0.303. The van der Waals surface area contributed by atoms with Gasteiger partial charge in [-0.15, -0.1) is 0 Å². The molecule has 0 bridgehead atoms. The molecule has 0 aromatic heterocycles. The van der Waals surface area contributed by atoms with Gasteiger partial charge in [-0.3, -0.25) is 4.79 Å². The first-order chi connectivity index (χ1) is 10.1. The molecule has 1 heterocycles. The van der Waals surface area contributed by atoms with Crippen molar-refractivity contribution in [1.82, 2.24) is 0 Å². The number of nitrogens with two attached hydrogens (primary N) is 1. The summed E-state index contributed by atoms with van der Waals surface area (Å²) in [6, 6.07) is 10.2. The number of anilines is 4. The molecule has 0 unspecified atom stereocenters. The van der Waals surface area contributed by atoms with Gasteiger partial charge in [0.1, 0.15) is 5.82 Å². The molecule has 1 aliphatic rings. The van der Waals surface area contributed by atoms with Gasteiger partial charge in [-0.2, -0.15) is 0 Å². The number of aryl methyl sites for hydroxylation is 1. The van der Waals surface area contributed by atoms with Crippen LogP contribution in [0, 0.1) is 5.82 Å². The van der Waals surface area contributed by atoms with E-state index in [0.29, 0.717) is 24.2 Å². The molecule has 4 nitrogen and oxygen atoms in total. The van der Waals surface area contributed by atoms with Crippen molar-refractivity contribution in [3.05, 3.63) is 47.8 Å². The van der Waals surface area contributed by atoms with Crippen LogP contribution in [0.4, 0.5) is 27.1 Å². The van der Waals surface area contributed by atoms with Gasteiger partial charge in [0.2, 0.25) is 5.91 Å². The Bertz CT molecular complexity index is 715. The van der Waals surface area contributed by atoms with Crippen molar-refractivity contribution in [2.75, 3.05) is 23.0 Å². The molecule has 0 aliphatic carbocycles. The second-order valence-electron chi connectivity index (χ2n) is 5.13. The summed E-state index contributed by atoms with van der Waals surface area (Å²) in [7, 11) is 1.78. The molecule has 0 spiro atoms. The van der Waals surface area contributed by atoms with E-state index in [4.69, 9.17) is 5.73 Å². The predicted molar refractivity (Wildman–Crippen MR) is 82.3 cm³/mol. The average molecular weight is 285 g/mol. The van der Waals surface area contributed by atoms with Gasteiger partial charge in [0.15, 0.2) is 0 Å². The molecule has 0 fully saturated rings. The number of halogens is 1. The molecular weight excluding hydrogens is 269 g/mol. The molecule has 0 atom stereocenters. The van der Waals surface area contributed by atoms with Crippen LogP contribution in [0.25, 0.3) is 0 Å². The van der Waals surface area contributed by atoms with Gasteiger partial charge < -0.3 is 16.0 Å². The number of nitrogen functional groups attached to an aromatic ring is 1. The first kappa shape index (κ1) is 13.4. The van der Waals surface area contributed by atoms with Crippen LogP contribution in [0.15, 0.2) is 36.4 Å². The molecule has 3 rings (SSSR count). The number of nitrogens with zero attached hydrogens (tertiary/aromatic N) is 1. The van der Waals surface area contributed by atoms with E-state index >= 15 is 0 Å². The maximum Gasteiger partial charge on any atom is 0.224 e. The van der Waals surface area contributed by atoms with E-state index in [-0.39, 0.29) is 11.7 Å². The van der Waals surface area contributed by atoms with Crippen molar-refractivity contribution in [3.63, 3.8) is 0 Å². The largest absolute Gasteiger partial charge is 0.397 e. The Hall–Kier alpha value is -2.56. The van der Waals surface area contributed by atoms with E-state index in [1.165, 1.54) is 6.07 Å². The molecule has 5 heteroatoms. The van der Waals surface area contributed by atoms with Gasteiger partial charge in [0.05, 0.1) is 17.1 Å². The van der Waals surface area contributed by atoms with Crippen LogP contribution in [0.3, 0.4) is 0 Å². The lowest BCUT2D eigenvalue weighted by Gasteiger charge is -2.25. The van der Waals surface area contributed by atoms with E-state index in [1.54, 1.807) is 36.2 Å². The summed E-state index contributed by atoms with van der Waals surface area (Å²) in [6.45, 7) is 0. The maximum atomic E-state index is 13.9. The minimum atomic E-state index is -0.301. The third-order valence-electron chi connectivity index (χ3n) is 3.72. The highest BCUT2D eigenvalue weighted by Crippen LogP contribution is 2.36. The molecule has 2 aromatic carbocycles. The number of amides is 1. The van der Waals surface area contributed by atoms with Gasteiger partial charge >= 0.3 is 0 Å². The van der Waals surface area contributed by atoms with Gasteiger partial charge in [-0.05, 0) is 36.2 Å². The predicted octanol–water partition coefficient (Wildman–Crippen LogP) is 3.06.